The van der Waals surface area contributed by atoms with E-state index in [-0.39, 0.29) is 12.3 Å². The predicted molar refractivity (Wildman–Crippen MR) is 161 cm³/mol. The number of nitrogens with one attached hydrogen (secondary N) is 2. The zero-order valence-corrected chi connectivity index (χ0v) is 25.5. The van der Waals surface area contributed by atoms with Gasteiger partial charge in [0.25, 0.3) is 5.91 Å². The number of hydroxylamine groups is 1. The third-order valence-electron chi connectivity index (χ3n) is 7.39. The zero-order chi connectivity index (χ0) is 31.2. The van der Waals surface area contributed by atoms with E-state index in [0.29, 0.717) is 50.4 Å². The number of aryl methyl sites for hydroxylation is 1. The monoisotopic (exact) mass is 591 g/mol. The van der Waals surface area contributed by atoms with Crippen molar-refractivity contribution in [3.05, 3.63) is 71.4 Å². The number of carbonyl (C=O) groups is 3. The Balaban J connectivity index is 1.41. The van der Waals surface area contributed by atoms with Gasteiger partial charge in [0.1, 0.15) is 18.0 Å². The summed E-state index contributed by atoms with van der Waals surface area (Å²) in [5.41, 5.74) is 3.38. The largest absolute Gasteiger partial charge is 0.489 e. The first-order valence-corrected chi connectivity index (χ1v) is 14.5. The molecule has 1 aliphatic rings. The molecular weight excluding hydrogens is 550 g/mol. The molecule has 4 rings (SSSR count). The number of amides is 3. The van der Waals surface area contributed by atoms with Crippen molar-refractivity contribution in [1.29, 1.82) is 0 Å². The van der Waals surface area contributed by atoms with Crippen molar-refractivity contribution in [2.75, 3.05) is 19.6 Å². The fourth-order valence-electron chi connectivity index (χ4n) is 5.31. The van der Waals surface area contributed by atoms with E-state index in [9.17, 15) is 19.6 Å². The van der Waals surface area contributed by atoms with Crippen molar-refractivity contribution in [2.45, 2.75) is 71.6 Å². The Kier molecular flexibility index (Phi) is 9.87. The van der Waals surface area contributed by atoms with Gasteiger partial charge < -0.3 is 14.8 Å². The van der Waals surface area contributed by atoms with Gasteiger partial charge in [-0.3, -0.25) is 19.8 Å². The van der Waals surface area contributed by atoms with Gasteiger partial charge in [0.15, 0.2) is 0 Å². The zero-order valence-electron chi connectivity index (χ0n) is 25.5. The highest BCUT2D eigenvalue weighted by Gasteiger charge is 2.40. The molecule has 43 heavy (non-hydrogen) atoms. The molecule has 1 fully saturated rings. The minimum absolute atomic E-state index is 0.109. The normalized spacial score (nSPS) is 15.0. The van der Waals surface area contributed by atoms with E-state index < -0.39 is 23.1 Å². The van der Waals surface area contributed by atoms with Gasteiger partial charge in [-0.25, -0.2) is 20.3 Å². The quantitative estimate of drug-likeness (QED) is 0.240. The molecule has 1 aliphatic heterocycles. The number of hydrazine groups is 1. The Hall–Kier alpha value is -4.22. The molecule has 0 saturated carbocycles. The molecule has 3 aromatic rings. The van der Waals surface area contributed by atoms with Crippen LogP contribution in [0.2, 0.25) is 0 Å². The standard InChI is InChI=1S/C32H41N5O6/c1-6-37(30(40)43-31(3,4)5)36-17-15-32(16-18-36,20-28(38)35-41)34-29(39)23-11-13-25(14-12-23)42-21-24-19-22(2)33-27-10-8-7-9-26(24)27/h7-14,19,41H,6,15-18,20-21H2,1-5H3,(H,34,39)(H,35,38). The molecule has 0 spiro atoms. The molecule has 0 bridgehead atoms. The maximum absolute atomic E-state index is 13.3. The maximum atomic E-state index is 13.3. The average molecular weight is 592 g/mol. The number of pyridine rings is 1. The Morgan fingerprint density at radius 3 is 2.37 bits per heavy atom. The number of hydrogen-bond donors (Lipinski definition) is 3. The molecule has 2 aromatic carbocycles. The number of nitrogens with zero attached hydrogens (tertiary/aromatic N) is 3. The molecule has 2 heterocycles. The van der Waals surface area contributed by atoms with Crippen molar-refractivity contribution in [3.8, 4) is 5.75 Å². The number of para-hydroxylation sites is 1. The van der Waals surface area contributed by atoms with Crippen molar-refractivity contribution in [1.82, 2.24) is 25.8 Å². The molecule has 0 radical (unpaired) electrons. The van der Waals surface area contributed by atoms with Crippen LogP contribution in [0.5, 0.6) is 5.75 Å². The number of ether oxygens (including phenoxy) is 2. The summed E-state index contributed by atoms with van der Waals surface area (Å²) in [6.45, 7) is 10.8. The highest BCUT2D eigenvalue weighted by atomic mass is 16.6. The average Bonchev–Trinajstić information content (AvgIpc) is 2.96. The van der Waals surface area contributed by atoms with Crippen LogP contribution in [0.25, 0.3) is 10.9 Å². The van der Waals surface area contributed by atoms with Crippen LogP contribution < -0.4 is 15.5 Å². The lowest BCUT2D eigenvalue weighted by molar-refractivity contribution is -0.132. The third-order valence-corrected chi connectivity index (χ3v) is 7.39. The van der Waals surface area contributed by atoms with Crippen LogP contribution in [0.1, 0.15) is 68.6 Å². The molecule has 1 aromatic heterocycles. The van der Waals surface area contributed by atoms with Crippen molar-refractivity contribution in [2.24, 2.45) is 0 Å². The van der Waals surface area contributed by atoms with E-state index in [4.69, 9.17) is 9.47 Å². The predicted octanol–water partition coefficient (Wildman–Crippen LogP) is 4.75. The van der Waals surface area contributed by atoms with Crippen molar-refractivity contribution < 1.29 is 29.1 Å². The molecule has 11 heteroatoms. The molecule has 0 atom stereocenters. The number of benzene rings is 2. The van der Waals surface area contributed by atoms with Crippen LogP contribution in [0, 0.1) is 6.92 Å². The molecule has 1 saturated heterocycles. The topological polar surface area (TPSA) is 133 Å². The van der Waals surface area contributed by atoms with Gasteiger partial charge in [-0.05, 0) is 83.9 Å². The van der Waals surface area contributed by atoms with E-state index in [1.807, 2.05) is 70.0 Å². The summed E-state index contributed by atoms with van der Waals surface area (Å²) < 4.78 is 11.6. The van der Waals surface area contributed by atoms with Gasteiger partial charge in [-0.2, -0.15) is 0 Å². The van der Waals surface area contributed by atoms with Gasteiger partial charge in [-0.1, -0.05) is 18.2 Å². The molecule has 230 valence electrons. The minimum Gasteiger partial charge on any atom is -0.489 e. The second-order valence-corrected chi connectivity index (χ2v) is 11.8. The van der Waals surface area contributed by atoms with Gasteiger partial charge in [-0.15, -0.1) is 0 Å². The molecule has 3 amide bonds. The number of piperidine rings is 1. The number of aromatic nitrogens is 1. The van der Waals surface area contributed by atoms with E-state index in [0.717, 1.165) is 22.2 Å². The van der Waals surface area contributed by atoms with E-state index in [2.05, 4.69) is 10.3 Å². The van der Waals surface area contributed by atoms with Gasteiger partial charge in [0, 0.05) is 41.8 Å². The Morgan fingerprint density at radius 2 is 1.74 bits per heavy atom. The van der Waals surface area contributed by atoms with E-state index >= 15 is 0 Å². The van der Waals surface area contributed by atoms with Gasteiger partial charge in [0.2, 0.25) is 5.91 Å². The van der Waals surface area contributed by atoms with Crippen LogP contribution in [-0.2, 0) is 16.1 Å². The summed E-state index contributed by atoms with van der Waals surface area (Å²) >= 11 is 0. The molecule has 0 aliphatic carbocycles. The summed E-state index contributed by atoms with van der Waals surface area (Å²) in [4.78, 5) is 42.9. The fraction of sp³-hybridized carbons (Fsp3) is 0.438. The maximum Gasteiger partial charge on any atom is 0.424 e. The summed E-state index contributed by atoms with van der Waals surface area (Å²) in [6, 6.07) is 16.7. The second-order valence-electron chi connectivity index (χ2n) is 11.8. The van der Waals surface area contributed by atoms with E-state index in [1.54, 1.807) is 29.7 Å². The first-order valence-electron chi connectivity index (χ1n) is 14.5. The fourth-order valence-corrected chi connectivity index (χ4v) is 5.31. The highest BCUT2D eigenvalue weighted by Crippen LogP contribution is 2.29. The molecule has 3 N–H and O–H groups in total. The minimum atomic E-state index is -0.914. The van der Waals surface area contributed by atoms with Gasteiger partial charge >= 0.3 is 6.09 Å². The second kappa shape index (κ2) is 13.4. The summed E-state index contributed by atoms with van der Waals surface area (Å²) in [5, 5.41) is 16.7. The summed E-state index contributed by atoms with van der Waals surface area (Å²) in [7, 11) is 0. The molecular formula is C32H41N5O6. The Bertz CT molecular complexity index is 1440. The van der Waals surface area contributed by atoms with Gasteiger partial charge in [0.05, 0.1) is 17.5 Å². The van der Waals surface area contributed by atoms with Crippen LogP contribution in [0.4, 0.5) is 4.79 Å². The number of fused-ring (bicyclic) bond motifs is 1. The van der Waals surface area contributed by atoms with Crippen LogP contribution in [0.15, 0.2) is 54.6 Å². The Morgan fingerprint density at radius 1 is 1.07 bits per heavy atom. The number of rotatable bonds is 9. The van der Waals surface area contributed by atoms with Crippen LogP contribution in [-0.4, -0.2) is 68.9 Å². The lowest BCUT2D eigenvalue weighted by atomic mass is 9.84. The van der Waals surface area contributed by atoms with Crippen LogP contribution in [0.3, 0.4) is 0 Å². The number of hydrogen-bond acceptors (Lipinski definition) is 8. The molecule has 11 nitrogen and oxygen atoms in total. The first kappa shape index (κ1) is 31.7. The smallest absolute Gasteiger partial charge is 0.424 e. The third kappa shape index (κ3) is 8.20. The summed E-state index contributed by atoms with van der Waals surface area (Å²) in [5.74, 6) is -0.337. The first-order chi connectivity index (χ1) is 20.4. The SMILES string of the molecule is CCN(C(=O)OC(C)(C)C)N1CCC(CC(=O)NO)(NC(=O)c2ccc(OCc3cc(C)nc4ccccc34)cc2)CC1. The lowest BCUT2D eigenvalue weighted by Gasteiger charge is -2.45. The number of carbonyl (C=O) groups excluding carboxylic acids is 3. The van der Waals surface area contributed by atoms with Crippen molar-refractivity contribution >= 4 is 28.8 Å². The highest BCUT2D eigenvalue weighted by molar-refractivity contribution is 5.95. The Labute approximate surface area is 252 Å². The van der Waals surface area contributed by atoms with Crippen molar-refractivity contribution in [3.63, 3.8) is 0 Å². The van der Waals surface area contributed by atoms with E-state index in [1.165, 1.54) is 5.01 Å². The summed E-state index contributed by atoms with van der Waals surface area (Å²) in [6.07, 6.45) is 0.203. The van der Waals surface area contributed by atoms with Crippen LogP contribution >= 0.6 is 0 Å². The lowest BCUT2D eigenvalue weighted by Crippen LogP contribution is -2.60. The molecule has 0 unspecified atom stereocenters.